The third-order valence-electron chi connectivity index (χ3n) is 2.14. The molecule has 0 aromatic heterocycles. The minimum Gasteiger partial charge on any atom is -0.423 e. The van der Waals surface area contributed by atoms with Crippen LogP contribution in [0.1, 0.15) is 18.1 Å². The Labute approximate surface area is 93.8 Å². The Kier molecular flexibility index (Phi) is 3.49. The minimum absolute atomic E-state index is 0.217. The molecule has 8 heteroatoms. The first-order valence-electron chi connectivity index (χ1n) is 4.49. The second-order valence-electron chi connectivity index (χ2n) is 3.56. The molecule has 0 spiro atoms. The fourth-order valence-corrected chi connectivity index (χ4v) is 1.30. The van der Waals surface area contributed by atoms with E-state index in [9.17, 15) is 22.0 Å². The summed E-state index contributed by atoms with van der Waals surface area (Å²) >= 11 is 0. The summed E-state index contributed by atoms with van der Waals surface area (Å²) in [5, 5.41) is 17.5. The number of halogens is 5. The molecule has 0 aliphatic heterocycles. The van der Waals surface area contributed by atoms with Gasteiger partial charge in [-0.1, -0.05) is 12.1 Å². The lowest BCUT2D eigenvalue weighted by Crippen LogP contribution is -2.36. The molecule has 0 amide bonds. The molecule has 0 bridgehead atoms. The quantitative estimate of drug-likeness (QED) is 0.620. The first kappa shape index (κ1) is 13.9. The highest BCUT2D eigenvalue weighted by Crippen LogP contribution is 2.33. The van der Waals surface area contributed by atoms with Gasteiger partial charge in [0.25, 0.3) is 5.92 Å². The molecular formula is C9H8BF5O2. The minimum atomic E-state index is -4.93. The van der Waals surface area contributed by atoms with Gasteiger partial charge in [-0.25, -0.2) is 8.78 Å². The molecule has 0 unspecified atom stereocenters. The van der Waals surface area contributed by atoms with Crippen molar-refractivity contribution in [3.8, 4) is 0 Å². The summed E-state index contributed by atoms with van der Waals surface area (Å²) in [7, 11) is -2.37. The van der Waals surface area contributed by atoms with Crippen LogP contribution in [-0.4, -0.2) is 17.2 Å². The van der Waals surface area contributed by atoms with Crippen LogP contribution in [0, 0.1) is 0 Å². The van der Waals surface area contributed by atoms with Gasteiger partial charge in [-0.15, -0.1) is 0 Å². The molecule has 94 valence electrons. The summed E-state index contributed by atoms with van der Waals surface area (Å²) in [6.07, 6.45) is -4.93. The zero-order valence-electron chi connectivity index (χ0n) is 8.59. The van der Waals surface area contributed by atoms with Gasteiger partial charge in [0.05, 0.1) is 5.56 Å². The molecule has 2 nitrogen and oxygen atoms in total. The summed E-state index contributed by atoms with van der Waals surface area (Å²) < 4.78 is 63.3. The van der Waals surface area contributed by atoms with Gasteiger partial charge in [0.1, 0.15) is 0 Å². The predicted molar refractivity (Wildman–Crippen MR) is 50.8 cm³/mol. The molecule has 1 rings (SSSR count). The zero-order chi connectivity index (χ0) is 13.4. The largest absolute Gasteiger partial charge is 0.489 e. The van der Waals surface area contributed by atoms with Crippen LogP contribution in [-0.2, 0) is 12.1 Å². The maximum atomic E-state index is 12.9. The highest BCUT2D eigenvalue weighted by Gasteiger charge is 2.38. The fraction of sp³-hybridized carbons (Fsp3) is 0.333. The summed E-state index contributed by atoms with van der Waals surface area (Å²) in [6.45, 7) is 0.456. The molecule has 0 fully saturated rings. The second kappa shape index (κ2) is 4.27. The highest BCUT2D eigenvalue weighted by atomic mass is 19.4. The van der Waals surface area contributed by atoms with Gasteiger partial charge >= 0.3 is 13.3 Å². The molecule has 0 saturated carbocycles. The lowest BCUT2D eigenvalue weighted by atomic mass is 9.76. The molecule has 17 heavy (non-hydrogen) atoms. The summed E-state index contributed by atoms with van der Waals surface area (Å²) in [5.41, 5.74) is -3.17. The SMILES string of the molecule is CC(F)(F)c1ccc(B(O)O)c(C(F)(F)F)c1. The van der Waals surface area contributed by atoms with Crippen LogP contribution in [0.15, 0.2) is 18.2 Å². The second-order valence-corrected chi connectivity index (χ2v) is 3.56. The molecule has 0 aliphatic rings. The van der Waals surface area contributed by atoms with Crippen molar-refractivity contribution in [2.45, 2.75) is 19.0 Å². The maximum Gasteiger partial charge on any atom is 0.489 e. The third-order valence-corrected chi connectivity index (χ3v) is 2.14. The zero-order valence-corrected chi connectivity index (χ0v) is 8.59. The van der Waals surface area contributed by atoms with Crippen LogP contribution < -0.4 is 5.46 Å². The predicted octanol–water partition coefficient (Wildman–Crippen LogP) is 1.50. The van der Waals surface area contributed by atoms with E-state index in [1.54, 1.807) is 0 Å². The number of alkyl halides is 5. The van der Waals surface area contributed by atoms with E-state index in [1.807, 2.05) is 0 Å². The Bertz CT molecular complexity index is 411. The van der Waals surface area contributed by atoms with Crippen molar-refractivity contribution >= 4 is 12.6 Å². The molecule has 2 N–H and O–H groups in total. The van der Waals surface area contributed by atoms with Crippen molar-refractivity contribution in [3.63, 3.8) is 0 Å². The van der Waals surface area contributed by atoms with Crippen LogP contribution in [0.25, 0.3) is 0 Å². The van der Waals surface area contributed by atoms with E-state index in [1.165, 1.54) is 0 Å². The lowest BCUT2D eigenvalue weighted by molar-refractivity contribution is -0.137. The summed E-state index contributed by atoms with van der Waals surface area (Å²) in [4.78, 5) is 0. The van der Waals surface area contributed by atoms with E-state index in [2.05, 4.69) is 0 Å². The molecule has 0 radical (unpaired) electrons. The molecule has 0 aliphatic carbocycles. The molecule has 0 heterocycles. The average Bonchev–Trinajstić information content (AvgIpc) is 2.14. The van der Waals surface area contributed by atoms with E-state index in [0.717, 1.165) is 6.07 Å². The van der Waals surface area contributed by atoms with Gasteiger partial charge in [0, 0.05) is 12.5 Å². The normalized spacial score (nSPS) is 12.7. The standard InChI is InChI=1S/C9H8BF5O2/c1-8(11,12)5-2-3-7(10(16)17)6(4-5)9(13,14)15/h2-4,16-17H,1H3. The van der Waals surface area contributed by atoms with Crippen molar-refractivity contribution in [1.29, 1.82) is 0 Å². The fourth-order valence-electron chi connectivity index (χ4n) is 1.30. The third kappa shape index (κ3) is 3.16. The van der Waals surface area contributed by atoms with Gasteiger partial charge < -0.3 is 10.0 Å². The lowest BCUT2D eigenvalue weighted by Gasteiger charge is -2.17. The van der Waals surface area contributed by atoms with Crippen LogP contribution in [0.2, 0.25) is 0 Å². The van der Waals surface area contributed by atoms with Crippen molar-refractivity contribution in [1.82, 2.24) is 0 Å². The van der Waals surface area contributed by atoms with E-state index in [0.29, 0.717) is 13.0 Å². The molecule has 0 atom stereocenters. The maximum absolute atomic E-state index is 12.9. The van der Waals surface area contributed by atoms with Crippen molar-refractivity contribution in [2.24, 2.45) is 0 Å². The number of benzene rings is 1. The Morgan fingerprint density at radius 2 is 1.59 bits per heavy atom. The van der Waals surface area contributed by atoms with Gasteiger partial charge in [-0.3, -0.25) is 0 Å². The Morgan fingerprint density at radius 1 is 1.06 bits per heavy atom. The van der Waals surface area contributed by atoms with Gasteiger partial charge in [0.15, 0.2) is 0 Å². The van der Waals surface area contributed by atoms with Crippen LogP contribution in [0.5, 0.6) is 0 Å². The van der Waals surface area contributed by atoms with Gasteiger partial charge in [-0.05, 0) is 11.5 Å². The Morgan fingerprint density at radius 3 is 1.94 bits per heavy atom. The topological polar surface area (TPSA) is 40.5 Å². The summed E-state index contributed by atoms with van der Waals surface area (Å²) in [6, 6.07) is 1.57. The number of rotatable bonds is 2. The molecule has 0 saturated heterocycles. The van der Waals surface area contributed by atoms with Crippen LogP contribution in [0.3, 0.4) is 0 Å². The monoisotopic (exact) mass is 254 g/mol. The van der Waals surface area contributed by atoms with E-state index >= 15 is 0 Å². The van der Waals surface area contributed by atoms with Crippen molar-refractivity contribution in [2.75, 3.05) is 0 Å². The van der Waals surface area contributed by atoms with Crippen molar-refractivity contribution in [3.05, 3.63) is 29.3 Å². The van der Waals surface area contributed by atoms with E-state index in [4.69, 9.17) is 10.0 Å². The number of hydrogen-bond acceptors (Lipinski definition) is 2. The molecule has 1 aromatic rings. The summed E-state index contributed by atoms with van der Waals surface area (Å²) in [5.74, 6) is -3.43. The first-order valence-corrected chi connectivity index (χ1v) is 4.49. The molecule has 1 aromatic carbocycles. The smallest absolute Gasteiger partial charge is 0.423 e. The highest BCUT2D eigenvalue weighted by molar-refractivity contribution is 6.59. The van der Waals surface area contributed by atoms with E-state index < -0.39 is 35.8 Å². The van der Waals surface area contributed by atoms with Gasteiger partial charge in [0.2, 0.25) is 0 Å². The first-order chi connectivity index (χ1) is 7.53. The van der Waals surface area contributed by atoms with E-state index in [-0.39, 0.29) is 6.07 Å². The Hall–Kier alpha value is -1.15. The average molecular weight is 254 g/mol. The Balaban J connectivity index is 3.41. The van der Waals surface area contributed by atoms with Crippen molar-refractivity contribution < 1.29 is 32.0 Å². The van der Waals surface area contributed by atoms with Gasteiger partial charge in [-0.2, -0.15) is 13.2 Å². The van der Waals surface area contributed by atoms with Crippen LogP contribution in [0.4, 0.5) is 22.0 Å². The van der Waals surface area contributed by atoms with Crippen LogP contribution >= 0.6 is 0 Å². The number of hydrogen-bond donors (Lipinski definition) is 2. The molecular weight excluding hydrogens is 246 g/mol.